The van der Waals surface area contributed by atoms with Crippen LogP contribution in [0.25, 0.3) is 0 Å². The van der Waals surface area contributed by atoms with E-state index in [9.17, 15) is 19.2 Å². The van der Waals surface area contributed by atoms with Crippen molar-refractivity contribution < 1.29 is 19.2 Å². The standard InChI is InChI=1S/C14H25N3O4/c1-5-8-16(4)14(21)15-7-6-13(20)17(9-11(2)18)10-12(3)19/h5-10H2,1-4H3,(H,15,21). The van der Waals surface area contributed by atoms with Crippen molar-refractivity contribution in [3.8, 4) is 0 Å². The first-order valence-corrected chi connectivity index (χ1v) is 7.03. The molecular weight excluding hydrogens is 274 g/mol. The molecule has 0 spiro atoms. The van der Waals surface area contributed by atoms with Crippen molar-refractivity contribution >= 4 is 23.5 Å². The molecule has 7 nitrogen and oxygen atoms in total. The summed E-state index contributed by atoms with van der Waals surface area (Å²) in [6.07, 6.45) is 0.917. The van der Waals surface area contributed by atoms with Crippen LogP contribution in [0.5, 0.6) is 0 Å². The van der Waals surface area contributed by atoms with Crippen LogP contribution in [0.2, 0.25) is 0 Å². The topological polar surface area (TPSA) is 86.8 Å². The Hall–Kier alpha value is -1.92. The predicted molar refractivity (Wildman–Crippen MR) is 78.9 cm³/mol. The fourth-order valence-electron chi connectivity index (χ4n) is 1.78. The van der Waals surface area contributed by atoms with Crippen LogP contribution in [-0.4, -0.2) is 66.5 Å². The lowest BCUT2D eigenvalue weighted by Crippen LogP contribution is -2.42. The van der Waals surface area contributed by atoms with Gasteiger partial charge >= 0.3 is 6.03 Å². The van der Waals surface area contributed by atoms with Gasteiger partial charge in [-0.05, 0) is 20.3 Å². The molecule has 0 atom stereocenters. The van der Waals surface area contributed by atoms with Crippen molar-refractivity contribution in [1.29, 1.82) is 0 Å². The summed E-state index contributed by atoms with van der Waals surface area (Å²) >= 11 is 0. The van der Waals surface area contributed by atoms with E-state index in [1.807, 2.05) is 6.92 Å². The highest BCUT2D eigenvalue weighted by Gasteiger charge is 2.17. The summed E-state index contributed by atoms with van der Waals surface area (Å²) in [5, 5.41) is 2.63. The highest BCUT2D eigenvalue weighted by molar-refractivity contribution is 5.89. The lowest BCUT2D eigenvalue weighted by atomic mass is 10.3. The number of carbonyl (C=O) groups is 4. The monoisotopic (exact) mass is 299 g/mol. The number of nitrogens with zero attached hydrogens (tertiary/aromatic N) is 2. The Kier molecular flexibility index (Phi) is 9.00. The van der Waals surface area contributed by atoms with E-state index in [1.165, 1.54) is 23.6 Å². The molecule has 0 rings (SSSR count). The zero-order valence-corrected chi connectivity index (χ0v) is 13.3. The van der Waals surface area contributed by atoms with Crippen LogP contribution in [0, 0.1) is 0 Å². The summed E-state index contributed by atoms with van der Waals surface area (Å²) in [6, 6.07) is -0.241. The predicted octanol–water partition coefficient (Wildman–Crippen LogP) is 0.435. The van der Waals surface area contributed by atoms with Crippen molar-refractivity contribution in [2.75, 3.05) is 33.2 Å². The molecule has 0 saturated heterocycles. The van der Waals surface area contributed by atoms with Gasteiger partial charge in [-0.2, -0.15) is 0 Å². The van der Waals surface area contributed by atoms with Gasteiger partial charge in [-0.3, -0.25) is 14.4 Å². The van der Waals surface area contributed by atoms with Crippen LogP contribution in [0.1, 0.15) is 33.6 Å². The molecule has 0 fully saturated rings. The zero-order chi connectivity index (χ0) is 16.4. The minimum atomic E-state index is -0.321. The lowest BCUT2D eigenvalue weighted by molar-refractivity contribution is -0.137. The first-order chi connectivity index (χ1) is 9.77. The summed E-state index contributed by atoms with van der Waals surface area (Å²) in [5.41, 5.74) is 0. The number of amides is 3. The van der Waals surface area contributed by atoms with E-state index in [-0.39, 0.29) is 49.6 Å². The molecule has 0 heterocycles. The van der Waals surface area contributed by atoms with E-state index in [1.54, 1.807) is 7.05 Å². The minimum absolute atomic E-state index is 0.0618. The normalized spacial score (nSPS) is 9.90. The highest BCUT2D eigenvalue weighted by atomic mass is 16.2. The number of ketones is 2. The maximum Gasteiger partial charge on any atom is 0.317 e. The summed E-state index contributed by atoms with van der Waals surface area (Å²) in [6.45, 7) is 5.35. The Labute approximate surface area is 125 Å². The molecule has 21 heavy (non-hydrogen) atoms. The summed E-state index contributed by atoms with van der Waals surface area (Å²) in [4.78, 5) is 48.5. The Morgan fingerprint density at radius 3 is 1.95 bits per heavy atom. The molecule has 7 heteroatoms. The molecule has 0 aliphatic rings. The third-order valence-electron chi connectivity index (χ3n) is 2.70. The third-order valence-corrected chi connectivity index (χ3v) is 2.70. The largest absolute Gasteiger partial charge is 0.337 e. The first kappa shape index (κ1) is 19.1. The van der Waals surface area contributed by atoms with Crippen LogP contribution in [0.4, 0.5) is 4.79 Å². The Balaban J connectivity index is 4.27. The van der Waals surface area contributed by atoms with Crippen molar-refractivity contribution in [3.63, 3.8) is 0 Å². The fourth-order valence-corrected chi connectivity index (χ4v) is 1.78. The number of hydrogen-bond acceptors (Lipinski definition) is 4. The highest BCUT2D eigenvalue weighted by Crippen LogP contribution is 1.96. The Bertz CT molecular complexity index is 380. The van der Waals surface area contributed by atoms with Gasteiger partial charge in [0.05, 0.1) is 13.1 Å². The second-order valence-corrected chi connectivity index (χ2v) is 5.06. The average molecular weight is 299 g/mol. The number of carbonyl (C=O) groups excluding carboxylic acids is 4. The molecule has 3 amide bonds. The molecule has 0 aliphatic carbocycles. The van der Waals surface area contributed by atoms with Gasteiger partial charge in [-0.25, -0.2) is 4.79 Å². The molecule has 0 aromatic heterocycles. The van der Waals surface area contributed by atoms with E-state index in [4.69, 9.17) is 0 Å². The SMILES string of the molecule is CCCN(C)C(=O)NCCC(=O)N(CC(C)=O)CC(C)=O. The van der Waals surface area contributed by atoms with E-state index in [2.05, 4.69) is 5.32 Å². The lowest BCUT2D eigenvalue weighted by Gasteiger charge is -2.21. The van der Waals surface area contributed by atoms with E-state index < -0.39 is 0 Å². The van der Waals surface area contributed by atoms with E-state index in [0.29, 0.717) is 6.54 Å². The van der Waals surface area contributed by atoms with Crippen molar-refractivity contribution in [2.24, 2.45) is 0 Å². The molecule has 0 aromatic rings. The van der Waals surface area contributed by atoms with E-state index in [0.717, 1.165) is 6.42 Å². The zero-order valence-electron chi connectivity index (χ0n) is 13.3. The number of urea groups is 1. The molecule has 0 radical (unpaired) electrons. The second kappa shape index (κ2) is 9.90. The van der Waals surface area contributed by atoms with Crippen molar-refractivity contribution in [2.45, 2.75) is 33.6 Å². The van der Waals surface area contributed by atoms with Crippen LogP contribution >= 0.6 is 0 Å². The van der Waals surface area contributed by atoms with Crippen LogP contribution in [0.15, 0.2) is 0 Å². The van der Waals surface area contributed by atoms with Gasteiger partial charge in [-0.1, -0.05) is 6.92 Å². The van der Waals surface area contributed by atoms with Gasteiger partial charge in [0.2, 0.25) is 5.91 Å². The number of Topliss-reactive ketones (excluding diaryl/α,β-unsaturated/α-hetero) is 2. The molecule has 1 N–H and O–H groups in total. The number of nitrogens with one attached hydrogen (secondary N) is 1. The van der Waals surface area contributed by atoms with Gasteiger partial charge in [-0.15, -0.1) is 0 Å². The van der Waals surface area contributed by atoms with Gasteiger partial charge in [0.25, 0.3) is 0 Å². The van der Waals surface area contributed by atoms with Crippen molar-refractivity contribution in [1.82, 2.24) is 15.1 Å². The molecule has 0 aromatic carbocycles. The van der Waals surface area contributed by atoms with Gasteiger partial charge < -0.3 is 15.1 Å². The van der Waals surface area contributed by atoms with Gasteiger partial charge in [0.15, 0.2) is 0 Å². The van der Waals surface area contributed by atoms with Crippen molar-refractivity contribution in [3.05, 3.63) is 0 Å². The molecule has 0 aliphatic heterocycles. The Morgan fingerprint density at radius 2 is 1.52 bits per heavy atom. The maximum absolute atomic E-state index is 11.9. The average Bonchev–Trinajstić information content (AvgIpc) is 2.36. The molecule has 120 valence electrons. The quantitative estimate of drug-likeness (QED) is 0.669. The number of hydrogen-bond donors (Lipinski definition) is 1. The Morgan fingerprint density at radius 1 is 1.00 bits per heavy atom. The fraction of sp³-hybridized carbons (Fsp3) is 0.714. The molecular formula is C14H25N3O4. The summed E-state index contributed by atoms with van der Waals surface area (Å²) in [7, 11) is 1.68. The number of rotatable bonds is 9. The minimum Gasteiger partial charge on any atom is -0.337 e. The molecule has 0 unspecified atom stereocenters. The van der Waals surface area contributed by atoms with Gasteiger partial charge in [0.1, 0.15) is 11.6 Å². The van der Waals surface area contributed by atoms with Crippen LogP contribution in [0.3, 0.4) is 0 Å². The maximum atomic E-state index is 11.9. The van der Waals surface area contributed by atoms with Crippen LogP contribution < -0.4 is 5.32 Å². The van der Waals surface area contributed by atoms with Crippen LogP contribution in [-0.2, 0) is 14.4 Å². The summed E-state index contributed by atoms with van der Waals surface area (Å²) in [5.74, 6) is -0.688. The van der Waals surface area contributed by atoms with Gasteiger partial charge in [0, 0.05) is 26.6 Å². The smallest absolute Gasteiger partial charge is 0.317 e. The molecule has 0 saturated carbocycles. The first-order valence-electron chi connectivity index (χ1n) is 7.03. The third kappa shape index (κ3) is 8.78. The molecule has 0 bridgehead atoms. The second-order valence-electron chi connectivity index (χ2n) is 5.06. The summed E-state index contributed by atoms with van der Waals surface area (Å²) < 4.78 is 0. The van der Waals surface area contributed by atoms with E-state index >= 15 is 0 Å².